The highest BCUT2D eigenvalue weighted by molar-refractivity contribution is 5.47. The monoisotopic (exact) mass is 193 g/mol. The van der Waals surface area contributed by atoms with Gasteiger partial charge in [-0.15, -0.1) is 0 Å². The van der Waals surface area contributed by atoms with Crippen LogP contribution in [-0.2, 0) is 13.1 Å². The first-order valence-corrected chi connectivity index (χ1v) is 5.19. The molecule has 0 aromatic carbocycles. The van der Waals surface area contributed by atoms with Gasteiger partial charge < -0.3 is 10.6 Å². The van der Waals surface area contributed by atoms with Crippen molar-refractivity contribution in [1.82, 2.24) is 10.3 Å². The van der Waals surface area contributed by atoms with Crippen molar-refractivity contribution in [2.75, 3.05) is 12.4 Å². The van der Waals surface area contributed by atoms with E-state index < -0.39 is 0 Å². The number of fused-ring (bicyclic) bond motifs is 1. The predicted octanol–water partition coefficient (Wildman–Crippen LogP) is 2.06. The van der Waals surface area contributed by atoms with E-state index in [1.807, 2.05) is 20.9 Å². The average Bonchev–Trinajstić information content (AvgIpc) is 2.66. The van der Waals surface area contributed by atoms with Gasteiger partial charge >= 0.3 is 0 Å². The number of anilines is 1. The highest BCUT2D eigenvalue weighted by Gasteiger charge is 2.12. The zero-order valence-corrected chi connectivity index (χ0v) is 9.44. The smallest absolute Gasteiger partial charge is 0.128 e. The van der Waals surface area contributed by atoms with Crippen LogP contribution in [0, 0.1) is 6.92 Å². The van der Waals surface area contributed by atoms with Crippen LogP contribution in [0.2, 0.25) is 0 Å². The lowest BCUT2D eigenvalue weighted by Crippen LogP contribution is -2.01. The van der Waals surface area contributed by atoms with Crippen LogP contribution in [0.4, 0.5) is 5.82 Å². The minimum Gasteiger partial charge on any atom is -0.373 e. The van der Waals surface area contributed by atoms with Crippen molar-refractivity contribution in [2.24, 2.45) is 0 Å². The summed E-state index contributed by atoms with van der Waals surface area (Å²) in [5, 5.41) is 6.36. The topological polar surface area (TPSA) is 37.0 Å². The van der Waals surface area contributed by atoms with Gasteiger partial charge in [0.25, 0.3) is 0 Å². The van der Waals surface area contributed by atoms with Gasteiger partial charge in [-0.2, -0.15) is 0 Å². The summed E-state index contributed by atoms with van der Waals surface area (Å²) >= 11 is 0. The number of aromatic nitrogens is 1. The quantitative estimate of drug-likeness (QED) is 0.717. The molecular weight excluding hydrogens is 174 g/mol. The molecule has 0 bridgehead atoms. The minimum atomic E-state index is 0.907. The Labute approximate surface area is 85.9 Å². The number of aryl methyl sites for hydroxylation is 1. The number of pyridine rings is 1. The second-order valence-electron chi connectivity index (χ2n) is 3.11. The molecule has 3 heteroatoms. The predicted molar refractivity (Wildman–Crippen MR) is 60.4 cm³/mol. The first-order chi connectivity index (χ1) is 6.81. The Hall–Kier alpha value is -1.09. The van der Waals surface area contributed by atoms with E-state index in [1.54, 1.807) is 0 Å². The van der Waals surface area contributed by atoms with E-state index in [4.69, 9.17) is 0 Å². The standard InChI is InChI=1S/C9H13N3.C2H6/c1-6-3-7-4-11-5-8(7)12-9(6)10-2;1-2/h3,11H,4-5H2,1-2H3,(H,10,12);1-2H3. The third-order valence-corrected chi connectivity index (χ3v) is 2.23. The highest BCUT2D eigenvalue weighted by Crippen LogP contribution is 2.19. The van der Waals surface area contributed by atoms with Crippen LogP contribution in [0.15, 0.2) is 6.07 Å². The van der Waals surface area contributed by atoms with Gasteiger partial charge in [-0.1, -0.05) is 13.8 Å². The summed E-state index contributed by atoms with van der Waals surface area (Å²) in [7, 11) is 1.91. The van der Waals surface area contributed by atoms with Crippen LogP contribution >= 0.6 is 0 Å². The van der Waals surface area contributed by atoms with Crippen molar-refractivity contribution in [2.45, 2.75) is 33.9 Å². The molecule has 1 aliphatic rings. The Morgan fingerprint density at radius 3 is 2.71 bits per heavy atom. The molecule has 0 saturated carbocycles. The van der Waals surface area contributed by atoms with Gasteiger partial charge in [0, 0.05) is 20.1 Å². The third kappa shape index (κ3) is 2.04. The zero-order valence-electron chi connectivity index (χ0n) is 9.44. The molecule has 1 aliphatic heterocycles. The number of rotatable bonds is 1. The molecule has 2 heterocycles. The van der Waals surface area contributed by atoms with Crippen molar-refractivity contribution in [1.29, 1.82) is 0 Å². The lowest BCUT2D eigenvalue weighted by Gasteiger charge is -2.06. The Morgan fingerprint density at radius 1 is 1.36 bits per heavy atom. The van der Waals surface area contributed by atoms with Gasteiger partial charge in [0.1, 0.15) is 5.82 Å². The summed E-state index contributed by atoms with van der Waals surface area (Å²) < 4.78 is 0. The fraction of sp³-hybridized carbons (Fsp3) is 0.545. The molecule has 0 fully saturated rings. The first-order valence-electron chi connectivity index (χ1n) is 5.19. The summed E-state index contributed by atoms with van der Waals surface area (Å²) in [5.74, 6) is 0.998. The molecule has 1 aromatic heterocycles. The summed E-state index contributed by atoms with van der Waals surface area (Å²) in [6.07, 6.45) is 0. The van der Waals surface area contributed by atoms with Gasteiger partial charge in [-0.25, -0.2) is 4.98 Å². The second-order valence-corrected chi connectivity index (χ2v) is 3.11. The maximum atomic E-state index is 4.50. The average molecular weight is 193 g/mol. The first kappa shape index (κ1) is 11.0. The molecular formula is C11H19N3. The lowest BCUT2D eigenvalue weighted by molar-refractivity contribution is 0.758. The Morgan fingerprint density at radius 2 is 2.07 bits per heavy atom. The lowest BCUT2D eigenvalue weighted by atomic mass is 10.1. The molecule has 2 N–H and O–H groups in total. The fourth-order valence-corrected chi connectivity index (χ4v) is 1.58. The Kier molecular flexibility index (Phi) is 3.89. The van der Waals surface area contributed by atoms with Gasteiger partial charge in [0.05, 0.1) is 5.69 Å². The van der Waals surface area contributed by atoms with Crippen LogP contribution < -0.4 is 10.6 Å². The largest absolute Gasteiger partial charge is 0.373 e. The van der Waals surface area contributed by atoms with Crippen molar-refractivity contribution >= 4 is 5.82 Å². The Balaban J connectivity index is 0.000000461. The maximum Gasteiger partial charge on any atom is 0.128 e. The molecule has 1 aromatic rings. The molecule has 0 radical (unpaired) electrons. The SMILES string of the molecule is CC.CNc1nc2c(cc1C)CNC2. The third-order valence-electron chi connectivity index (χ3n) is 2.23. The summed E-state index contributed by atoms with van der Waals surface area (Å²) in [6, 6.07) is 2.20. The molecule has 0 unspecified atom stereocenters. The molecule has 14 heavy (non-hydrogen) atoms. The van der Waals surface area contributed by atoms with Crippen molar-refractivity contribution in [3.8, 4) is 0 Å². The van der Waals surface area contributed by atoms with Gasteiger partial charge in [-0.3, -0.25) is 0 Å². The van der Waals surface area contributed by atoms with E-state index in [-0.39, 0.29) is 0 Å². The molecule has 0 spiro atoms. The summed E-state index contributed by atoms with van der Waals surface area (Å²) in [4.78, 5) is 4.50. The van der Waals surface area contributed by atoms with Gasteiger partial charge in [-0.05, 0) is 24.1 Å². The van der Waals surface area contributed by atoms with E-state index in [9.17, 15) is 0 Å². The van der Waals surface area contributed by atoms with Crippen LogP contribution in [0.1, 0.15) is 30.7 Å². The number of hydrogen-bond donors (Lipinski definition) is 2. The molecule has 0 aliphatic carbocycles. The number of nitrogens with one attached hydrogen (secondary N) is 2. The second kappa shape index (κ2) is 4.96. The summed E-state index contributed by atoms with van der Waals surface area (Å²) in [5.41, 5.74) is 3.75. The molecule has 3 nitrogen and oxygen atoms in total. The molecule has 2 rings (SSSR count). The van der Waals surface area contributed by atoms with Crippen molar-refractivity contribution in [3.05, 3.63) is 22.9 Å². The molecule has 78 valence electrons. The van der Waals surface area contributed by atoms with Crippen molar-refractivity contribution in [3.63, 3.8) is 0 Å². The van der Waals surface area contributed by atoms with Crippen LogP contribution in [0.5, 0.6) is 0 Å². The minimum absolute atomic E-state index is 0.907. The van der Waals surface area contributed by atoms with Crippen LogP contribution in [0.3, 0.4) is 0 Å². The Bertz CT molecular complexity index is 307. The van der Waals surface area contributed by atoms with Gasteiger partial charge in [0.2, 0.25) is 0 Å². The van der Waals surface area contributed by atoms with Gasteiger partial charge in [0.15, 0.2) is 0 Å². The normalized spacial score (nSPS) is 12.9. The fourth-order valence-electron chi connectivity index (χ4n) is 1.58. The highest BCUT2D eigenvalue weighted by atomic mass is 15.0. The van der Waals surface area contributed by atoms with Crippen LogP contribution in [-0.4, -0.2) is 12.0 Å². The molecule has 0 saturated heterocycles. The van der Waals surface area contributed by atoms with Crippen LogP contribution in [0.25, 0.3) is 0 Å². The van der Waals surface area contributed by atoms with E-state index >= 15 is 0 Å². The van der Waals surface area contributed by atoms with E-state index in [0.717, 1.165) is 18.9 Å². The molecule has 0 amide bonds. The van der Waals surface area contributed by atoms with E-state index in [0.29, 0.717) is 0 Å². The number of nitrogens with zero attached hydrogens (tertiary/aromatic N) is 1. The summed E-state index contributed by atoms with van der Waals surface area (Å²) in [6.45, 7) is 7.95. The van der Waals surface area contributed by atoms with E-state index in [2.05, 4.69) is 28.6 Å². The van der Waals surface area contributed by atoms with E-state index in [1.165, 1.54) is 16.8 Å². The number of hydrogen-bond acceptors (Lipinski definition) is 3. The molecule has 0 atom stereocenters. The van der Waals surface area contributed by atoms with Crippen molar-refractivity contribution < 1.29 is 0 Å². The zero-order chi connectivity index (χ0) is 10.6. The maximum absolute atomic E-state index is 4.50.